The number of anilines is 2. The monoisotopic (exact) mass is 236 g/mol. The number of benzene rings is 1. The molecule has 0 atom stereocenters. The molecule has 0 aliphatic carbocycles. The van der Waals surface area contributed by atoms with Gasteiger partial charge < -0.3 is 21.3 Å². The highest BCUT2D eigenvalue weighted by Crippen LogP contribution is 2.23. The summed E-state index contributed by atoms with van der Waals surface area (Å²) >= 11 is 0. The van der Waals surface area contributed by atoms with Gasteiger partial charge in [0.05, 0.1) is 11.4 Å². The summed E-state index contributed by atoms with van der Waals surface area (Å²) in [7, 11) is 5.47. The van der Waals surface area contributed by atoms with Crippen molar-refractivity contribution < 1.29 is 4.79 Å². The van der Waals surface area contributed by atoms with Gasteiger partial charge in [0.2, 0.25) is 0 Å². The van der Waals surface area contributed by atoms with Crippen molar-refractivity contribution in [3.63, 3.8) is 0 Å². The molecular formula is C12H20N4O. The Morgan fingerprint density at radius 3 is 2.71 bits per heavy atom. The third kappa shape index (κ3) is 3.35. The number of nitrogens with two attached hydrogens (primary N) is 1. The first-order valence-corrected chi connectivity index (χ1v) is 5.57. The summed E-state index contributed by atoms with van der Waals surface area (Å²) < 4.78 is 0. The average molecular weight is 236 g/mol. The number of nitrogens with zero attached hydrogens (tertiary/aromatic N) is 1. The Bertz CT molecular complexity index is 392. The van der Waals surface area contributed by atoms with Crippen LogP contribution in [-0.2, 0) is 0 Å². The molecule has 0 saturated carbocycles. The molecule has 0 aliphatic rings. The van der Waals surface area contributed by atoms with Crippen LogP contribution >= 0.6 is 0 Å². The number of likely N-dealkylation sites (N-methyl/N-ethyl adjacent to an activating group) is 2. The highest BCUT2D eigenvalue weighted by atomic mass is 16.1. The largest absolute Gasteiger partial charge is 0.397 e. The van der Waals surface area contributed by atoms with Crippen LogP contribution in [0.1, 0.15) is 10.4 Å². The zero-order valence-corrected chi connectivity index (χ0v) is 10.6. The number of rotatable bonds is 5. The maximum absolute atomic E-state index is 11.5. The standard InChI is InChI=1S/C12H20N4O/c1-14-6-7-16(3)11-8-9(12(17)15-2)4-5-10(11)13/h4-5,8,14H,6-7,13H2,1-3H3,(H,15,17). The van der Waals surface area contributed by atoms with Crippen LogP contribution in [0.25, 0.3) is 0 Å². The van der Waals surface area contributed by atoms with Crippen molar-refractivity contribution in [2.75, 3.05) is 44.9 Å². The van der Waals surface area contributed by atoms with Gasteiger partial charge in [0.1, 0.15) is 0 Å². The van der Waals surface area contributed by atoms with Crippen molar-refractivity contribution >= 4 is 17.3 Å². The summed E-state index contributed by atoms with van der Waals surface area (Å²) in [5.41, 5.74) is 8.08. The summed E-state index contributed by atoms with van der Waals surface area (Å²) in [5.74, 6) is -0.103. The summed E-state index contributed by atoms with van der Waals surface area (Å²) in [5, 5.41) is 5.67. The maximum Gasteiger partial charge on any atom is 0.251 e. The lowest BCUT2D eigenvalue weighted by atomic mass is 10.1. The molecule has 5 heteroatoms. The Kier molecular flexibility index (Phi) is 4.78. The van der Waals surface area contributed by atoms with Crippen LogP contribution in [0, 0.1) is 0 Å². The molecule has 0 aliphatic heterocycles. The molecule has 0 fully saturated rings. The van der Waals surface area contributed by atoms with Gasteiger partial charge in [0, 0.05) is 32.7 Å². The summed E-state index contributed by atoms with van der Waals surface area (Å²) in [4.78, 5) is 13.6. The lowest BCUT2D eigenvalue weighted by Gasteiger charge is -2.21. The predicted octanol–water partition coefficient (Wildman–Crippen LogP) is 0.284. The van der Waals surface area contributed by atoms with Crippen LogP contribution in [0.15, 0.2) is 18.2 Å². The Balaban J connectivity index is 2.93. The number of nitrogen functional groups attached to an aromatic ring is 1. The van der Waals surface area contributed by atoms with Gasteiger partial charge in [0.25, 0.3) is 5.91 Å². The van der Waals surface area contributed by atoms with Crippen molar-refractivity contribution in [2.24, 2.45) is 0 Å². The van der Waals surface area contributed by atoms with Crippen LogP contribution in [0.5, 0.6) is 0 Å². The molecule has 0 saturated heterocycles. The number of amides is 1. The first kappa shape index (κ1) is 13.3. The van der Waals surface area contributed by atoms with Gasteiger partial charge in [-0.15, -0.1) is 0 Å². The van der Waals surface area contributed by atoms with Gasteiger partial charge >= 0.3 is 0 Å². The highest BCUT2D eigenvalue weighted by molar-refractivity contribution is 5.96. The molecule has 1 amide bonds. The molecular weight excluding hydrogens is 216 g/mol. The molecule has 94 valence electrons. The van der Waals surface area contributed by atoms with Crippen molar-refractivity contribution in [2.45, 2.75) is 0 Å². The van der Waals surface area contributed by atoms with Gasteiger partial charge in [-0.25, -0.2) is 0 Å². The van der Waals surface area contributed by atoms with E-state index in [9.17, 15) is 4.79 Å². The van der Waals surface area contributed by atoms with Crippen LogP contribution in [0.3, 0.4) is 0 Å². The quantitative estimate of drug-likeness (QED) is 0.642. The number of hydrogen-bond acceptors (Lipinski definition) is 4. The lowest BCUT2D eigenvalue weighted by Crippen LogP contribution is -2.28. The molecule has 0 heterocycles. The molecule has 0 radical (unpaired) electrons. The Morgan fingerprint density at radius 1 is 1.41 bits per heavy atom. The van der Waals surface area contributed by atoms with E-state index in [0.717, 1.165) is 18.8 Å². The van der Waals surface area contributed by atoms with Gasteiger partial charge in [-0.2, -0.15) is 0 Å². The van der Waals surface area contributed by atoms with Crippen LogP contribution in [0.2, 0.25) is 0 Å². The van der Waals surface area contributed by atoms with Crippen LogP contribution in [-0.4, -0.2) is 40.1 Å². The fraction of sp³-hybridized carbons (Fsp3) is 0.417. The summed E-state index contributed by atoms with van der Waals surface area (Å²) in [6.07, 6.45) is 0. The molecule has 1 aromatic rings. The SMILES string of the molecule is CNCCN(C)c1cc(C(=O)NC)ccc1N. The van der Waals surface area contributed by atoms with Gasteiger partial charge in [-0.05, 0) is 25.2 Å². The van der Waals surface area contributed by atoms with Crippen LogP contribution in [0.4, 0.5) is 11.4 Å². The second-order valence-electron chi connectivity index (χ2n) is 3.88. The summed E-state index contributed by atoms with van der Waals surface area (Å²) in [6, 6.07) is 5.29. The van der Waals surface area contributed by atoms with Crippen molar-refractivity contribution in [1.29, 1.82) is 0 Å². The van der Waals surface area contributed by atoms with E-state index < -0.39 is 0 Å². The average Bonchev–Trinajstić information content (AvgIpc) is 2.35. The van der Waals surface area contributed by atoms with Gasteiger partial charge in [0.15, 0.2) is 0 Å². The first-order chi connectivity index (χ1) is 8.10. The van der Waals surface area contributed by atoms with E-state index in [1.54, 1.807) is 19.2 Å². The van der Waals surface area contributed by atoms with Crippen molar-refractivity contribution in [3.8, 4) is 0 Å². The van der Waals surface area contributed by atoms with E-state index in [4.69, 9.17) is 5.73 Å². The minimum absolute atomic E-state index is 0.103. The molecule has 0 spiro atoms. The van der Waals surface area contributed by atoms with E-state index >= 15 is 0 Å². The number of carbonyl (C=O) groups is 1. The smallest absolute Gasteiger partial charge is 0.251 e. The molecule has 1 rings (SSSR count). The second kappa shape index (κ2) is 6.10. The maximum atomic E-state index is 11.5. The molecule has 0 unspecified atom stereocenters. The van der Waals surface area contributed by atoms with Crippen molar-refractivity contribution in [1.82, 2.24) is 10.6 Å². The minimum atomic E-state index is -0.103. The molecule has 4 N–H and O–H groups in total. The fourth-order valence-corrected chi connectivity index (χ4v) is 1.56. The van der Waals surface area contributed by atoms with E-state index in [0.29, 0.717) is 11.3 Å². The molecule has 1 aromatic carbocycles. The fourth-order valence-electron chi connectivity index (χ4n) is 1.56. The van der Waals surface area contributed by atoms with E-state index in [1.165, 1.54) is 0 Å². The molecule has 0 bridgehead atoms. The highest BCUT2D eigenvalue weighted by Gasteiger charge is 2.09. The second-order valence-corrected chi connectivity index (χ2v) is 3.88. The van der Waals surface area contributed by atoms with E-state index in [-0.39, 0.29) is 5.91 Å². The predicted molar refractivity (Wildman–Crippen MR) is 71.4 cm³/mol. The molecule has 0 aromatic heterocycles. The van der Waals surface area contributed by atoms with E-state index in [1.807, 2.05) is 25.1 Å². The van der Waals surface area contributed by atoms with Gasteiger partial charge in [-0.1, -0.05) is 0 Å². The minimum Gasteiger partial charge on any atom is -0.397 e. The lowest BCUT2D eigenvalue weighted by molar-refractivity contribution is 0.0963. The third-order valence-electron chi connectivity index (χ3n) is 2.63. The number of nitrogens with one attached hydrogen (secondary N) is 2. The molecule has 17 heavy (non-hydrogen) atoms. The zero-order chi connectivity index (χ0) is 12.8. The topological polar surface area (TPSA) is 70.4 Å². The summed E-state index contributed by atoms with van der Waals surface area (Å²) in [6.45, 7) is 1.69. The third-order valence-corrected chi connectivity index (χ3v) is 2.63. The molecule has 5 nitrogen and oxygen atoms in total. The Morgan fingerprint density at radius 2 is 2.12 bits per heavy atom. The van der Waals surface area contributed by atoms with Gasteiger partial charge in [-0.3, -0.25) is 4.79 Å². The van der Waals surface area contributed by atoms with Crippen LogP contribution < -0.4 is 21.3 Å². The first-order valence-electron chi connectivity index (χ1n) is 5.57. The zero-order valence-electron chi connectivity index (χ0n) is 10.6. The Labute approximate surface area is 102 Å². The van der Waals surface area contributed by atoms with E-state index in [2.05, 4.69) is 10.6 Å². The number of hydrogen-bond donors (Lipinski definition) is 3. The number of carbonyl (C=O) groups excluding carboxylic acids is 1. The normalized spacial score (nSPS) is 10.1. The van der Waals surface area contributed by atoms with Crippen molar-refractivity contribution in [3.05, 3.63) is 23.8 Å². The Hall–Kier alpha value is -1.75.